The maximum atomic E-state index is 13.6. The number of benzene rings is 1. The molecule has 0 aliphatic carbocycles. The van der Waals surface area contributed by atoms with Crippen molar-refractivity contribution in [1.29, 1.82) is 0 Å². The second-order valence-electron chi connectivity index (χ2n) is 3.84. The van der Waals surface area contributed by atoms with Gasteiger partial charge in [-0.05, 0) is 23.6 Å². The molecule has 1 atom stereocenters. The molecule has 1 amide bonds. The Morgan fingerprint density at radius 3 is 2.67 bits per heavy atom. The number of carbonyl (C=O) groups excluding carboxylic acids is 1. The van der Waals surface area contributed by atoms with Gasteiger partial charge in [0, 0.05) is 11.9 Å². The first-order chi connectivity index (χ1) is 8.61. The van der Waals surface area contributed by atoms with Crippen LogP contribution in [-0.4, -0.2) is 13.0 Å². The number of hydrogen-bond donors (Lipinski definition) is 1. The molecule has 0 saturated carbocycles. The molecule has 2 rings (SSSR count). The van der Waals surface area contributed by atoms with E-state index in [0.717, 1.165) is 4.88 Å². The molecule has 2 aromatic rings. The van der Waals surface area contributed by atoms with E-state index < -0.39 is 11.9 Å². The molecule has 3 nitrogen and oxygen atoms in total. The van der Waals surface area contributed by atoms with Crippen LogP contribution in [0.2, 0.25) is 0 Å². The molecule has 0 radical (unpaired) electrons. The molecule has 0 spiro atoms. The molecule has 0 fully saturated rings. The van der Waals surface area contributed by atoms with E-state index in [2.05, 4.69) is 0 Å². The number of likely N-dealkylation sites (N-methyl/N-ethyl adjacent to an activating group) is 1. The standard InChI is InChI=1S/C13H13FN2OS/c1-16(10-6-3-2-5-9(10)14)13(17)12(15)11-7-4-8-18-11/h2-8,12H,15H2,1H3. The molecule has 0 aliphatic rings. The lowest BCUT2D eigenvalue weighted by molar-refractivity contribution is -0.119. The van der Waals surface area contributed by atoms with Crippen LogP contribution in [0.1, 0.15) is 10.9 Å². The van der Waals surface area contributed by atoms with Gasteiger partial charge in [0.1, 0.15) is 11.9 Å². The Labute approximate surface area is 109 Å². The third kappa shape index (κ3) is 2.42. The van der Waals surface area contributed by atoms with Crippen LogP contribution in [0.15, 0.2) is 41.8 Å². The number of para-hydroxylation sites is 1. The number of hydrogen-bond acceptors (Lipinski definition) is 3. The van der Waals surface area contributed by atoms with Crippen molar-refractivity contribution >= 4 is 22.9 Å². The number of nitrogens with zero attached hydrogens (tertiary/aromatic N) is 1. The molecule has 2 N–H and O–H groups in total. The average Bonchev–Trinajstić information content (AvgIpc) is 2.90. The van der Waals surface area contributed by atoms with Gasteiger partial charge in [0.25, 0.3) is 0 Å². The van der Waals surface area contributed by atoms with Crippen molar-refractivity contribution in [2.45, 2.75) is 6.04 Å². The van der Waals surface area contributed by atoms with Crippen molar-refractivity contribution in [3.05, 3.63) is 52.5 Å². The minimum Gasteiger partial charge on any atom is -0.316 e. The summed E-state index contributed by atoms with van der Waals surface area (Å²) in [6.07, 6.45) is 0. The van der Waals surface area contributed by atoms with E-state index in [0.29, 0.717) is 0 Å². The molecule has 1 unspecified atom stereocenters. The van der Waals surface area contributed by atoms with Crippen LogP contribution >= 0.6 is 11.3 Å². The van der Waals surface area contributed by atoms with Gasteiger partial charge in [-0.2, -0.15) is 0 Å². The Kier molecular flexibility index (Phi) is 3.74. The summed E-state index contributed by atoms with van der Waals surface area (Å²) in [7, 11) is 1.52. The number of thiophene rings is 1. The summed E-state index contributed by atoms with van der Waals surface area (Å²) in [5.41, 5.74) is 6.10. The lowest BCUT2D eigenvalue weighted by Gasteiger charge is -2.21. The maximum absolute atomic E-state index is 13.6. The summed E-state index contributed by atoms with van der Waals surface area (Å²) in [6.45, 7) is 0. The largest absolute Gasteiger partial charge is 0.316 e. The van der Waals surface area contributed by atoms with Crippen LogP contribution in [0.3, 0.4) is 0 Å². The molecule has 1 heterocycles. The molecule has 0 saturated heterocycles. The minimum absolute atomic E-state index is 0.231. The molecule has 1 aromatic carbocycles. The quantitative estimate of drug-likeness (QED) is 0.926. The zero-order valence-electron chi connectivity index (χ0n) is 9.84. The van der Waals surface area contributed by atoms with Crippen LogP contribution in [0, 0.1) is 5.82 Å². The van der Waals surface area contributed by atoms with Gasteiger partial charge in [-0.25, -0.2) is 4.39 Å². The fourth-order valence-corrected chi connectivity index (χ4v) is 2.36. The first-order valence-corrected chi connectivity index (χ1v) is 6.30. The zero-order chi connectivity index (χ0) is 13.1. The second kappa shape index (κ2) is 5.29. The fraction of sp³-hybridized carbons (Fsp3) is 0.154. The van der Waals surface area contributed by atoms with Crippen molar-refractivity contribution in [1.82, 2.24) is 0 Å². The van der Waals surface area contributed by atoms with E-state index in [9.17, 15) is 9.18 Å². The lowest BCUT2D eigenvalue weighted by atomic mass is 10.2. The predicted octanol–water partition coefficient (Wildman–Crippen LogP) is 2.55. The summed E-state index contributed by atoms with van der Waals surface area (Å²) in [4.78, 5) is 14.2. The Morgan fingerprint density at radius 2 is 2.06 bits per heavy atom. The first kappa shape index (κ1) is 12.7. The first-order valence-electron chi connectivity index (χ1n) is 5.42. The van der Waals surface area contributed by atoms with E-state index in [1.54, 1.807) is 24.3 Å². The third-order valence-corrected chi connectivity index (χ3v) is 3.62. The molecule has 1 aromatic heterocycles. The van der Waals surface area contributed by atoms with Gasteiger partial charge in [-0.3, -0.25) is 4.79 Å². The Balaban J connectivity index is 2.22. The van der Waals surface area contributed by atoms with E-state index in [4.69, 9.17) is 5.73 Å². The topological polar surface area (TPSA) is 46.3 Å². The van der Waals surface area contributed by atoms with E-state index in [1.165, 1.54) is 29.4 Å². The Hall–Kier alpha value is -1.72. The van der Waals surface area contributed by atoms with Crippen molar-refractivity contribution < 1.29 is 9.18 Å². The number of nitrogens with two attached hydrogens (primary N) is 1. The Bertz CT molecular complexity index is 542. The minimum atomic E-state index is -0.755. The molecule has 94 valence electrons. The smallest absolute Gasteiger partial charge is 0.249 e. The zero-order valence-corrected chi connectivity index (χ0v) is 10.7. The van der Waals surface area contributed by atoms with Gasteiger partial charge in [0.15, 0.2) is 0 Å². The number of anilines is 1. The Morgan fingerprint density at radius 1 is 1.33 bits per heavy atom. The van der Waals surface area contributed by atoms with Gasteiger partial charge < -0.3 is 10.6 Å². The maximum Gasteiger partial charge on any atom is 0.249 e. The highest BCUT2D eigenvalue weighted by atomic mass is 32.1. The van der Waals surface area contributed by atoms with Crippen LogP contribution in [0.4, 0.5) is 10.1 Å². The molecule has 5 heteroatoms. The fourth-order valence-electron chi connectivity index (χ4n) is 1.64. The summed E-state index contributed by atoms with van der Waals surface area (Å²) in [5, 5.41) is 1.85. The summed E-state index contributed by atoms with van der Waals surface area (Å²) in [6, 6.07) is 8.99. The molecular formula is C13H13FN2OS. The summed E-state index contributed by atoms with van der Waals surface area (Å²) >= 11 is 1.41. The predicted molar refractivity (Wildman–Crippen MR) is 71.1 cm³/mol. The second-order valence-corrected chi connectivity index (χ2v) is 4.82. The molecule has 0 bridgehead atoms. The van der Waals surface area contributed by atoms with Gasteiger partial charge in [-0.1, -0.05) is 18.2 Å². The van der Waals surface area contributed by atoms with Crippen molar-refractivity contribution in [3.8, 4) is 0 Å². The molecule has 0 aliphatic heterocycles. The summed E-state index contributed by atoms with van der Waals surface area (Å²) in [5.74, 6) is -0.769. The normalized spacial score (nSPS) is 12.2. The van der Waals surface area contributed by atoms with Crippen molar-refractivity contribution in [3.63, 3.8) is 0 Å². The van der Waals surface area contributed by atoms with Crippen molar-refractivity contribution in [2.75, 3.05) is 11.9 Å². The number of carbonyl (C=O) groups is 1. The monoisotopic (exact) mass is 264 g/mol. The van der Waals surface area contributed by atoms with E-state index in [1.807, 2.05) is 11.4 Å². The highest BCUT2D eigenvalue weighted by Crippen LogP contribution is 2.23. The summed E-state index contributed by atoms with van der Waals surface area (Å²) < 4.78 is 13.6. The van der Waals surface area contributed by atoms with Crippen LogP contribution < -0.4 is 10.6 Å². The number of rotatable bonds is 3. The van der Waals surface area contributed by atoms with Crippen molar-refractivity contribution in [2.24, 2.45) is 5.73 Å². The molecular weight excluding hydrogens is 251 g/mol. The van der Waals surface area contributed by atoms with E-state index in [-0.39, 0.29) is 11.6 Å². The van der Waals surface area contributed by atoms with Gasteiger partial charge >= 0.3 is 0 Å². The highest BCUT2D eigenvalue weighted by Gasteiger charge is 2.23. The SMILES string of the molecule is CN(C(=O)C(N)c1cccs1)c1ccccc1F. The van der Waals surface area contributed by atoms with Crippen LogP contribution in [0.25, 0.3) is 0 Å². The third-order valence-electron chi connectivity index (χ3n) is 2.66. The lowest BCUT2D eigenvalue weighted by Crippen LogP contribution is -2.35. The average molecular weight is 264 g/mol. The van der Waals surface area contributed by atoms with Gasteiger partial charge in [-0.15, -0.1) is 11.3 Å². The van der Waals surface area contributed by atoms with Gasteiger partial charge in [0.05, 0.1) is 5.69 Å². The molecule has 18 heavy (non-hydrogen) atoms. The number of halogens is 1. The van der Waals surface area contributed by atoms with E-state index >= 15 is 0 Å². The van der Waals surface area contributed by atoms with Gasteiger partial charge in [0.2, 0.25) is 5.91 Å². The van der Waals surface area contributed by atoms with Crippen LogP contribution in [0.5, 0.6) is 0 Å². The highest BCUT2D eigenvalue weighted by molar-refractivity contribution is 7.10. The van der Waals surface area contributed by atoms with Crippen LogP contribution in [-0.2, 0) is 4.79 Å². The number of amides is 1.